The highest BCUT2D eigenvalue weighted by molar-refractivity contribution is 5.98. The number of hydrogen-bond donors (Lipinski definition) is 5. The Balaban J connectivity index is 1.64. The summed E-state index contributed by atoms with van der Waals surface area (Å²) in [5.74, 6) is -1.66. The molecule has 16 heteroatoms. The third-order valence-electron chi connectivity index (χ3n) is 7.35. The molecule has 1 aromatic carbocycles. The minimum Gasteiger partial charge on any atom is -0.463 e. The fourth-order valence-electron chi connectivity index (χ4n) is 4.44. The molecule has 0 unspecified atom stereocenters. The van der Waals surface area contributed by atoms with Gasteiger partial charge in [-0.3, -0.25) is 23.9 Å². The molecule has 6 N–H and O–H groups in total. The molecule has 0 aliphatic carbocycles. The van der Waals surface area contributed by atoms with Gasteiger partial charge in [0.05, 0.1) is 6.20 Å². The van der Waals surface area contributed by atoms with E-state index in [0.29, 0.717) is 37.2 Å². The van der Waals surface area contributed by atoms with Crippen LogP contribution in [0.1, 0.15) is 52.5 Å². The second kappa shape index (κ2) is 17.3. The van der Waals surface area contributed by atoms with Gasteiger partial charge in [0.15, 0.2) is 0 Å². The normalized spacial score (nSPS) is 12.4. The predicted octanol–water partition coefficient (Wildman–Crippen LogP) is 1.54. The lowest BCUT2D eigenvalue weighted by molar-refractivity contribution is -0.136. The van der Waals surface area contributed by atoms with E-state index in [1.807, 2.05) is 0 Å². The molecular formula is C31H42N10O6. The first-order valence-electron chi connectivity index (χ1n) is 15.1. The van der Waals surface area contributed by atoms with Crippen molar-refractivity contribution in [1.29, 1.82) is 0 Å². The Morgan fingerprint density at radius 3 is 2.38 bits per heavy atom. The molecule has 2 heterocycles. The standard InChI is InChI=1S/C31H42N10O6/c1-20(2)26(38-29(45)31(3,4)11-13-41-16-25(39-40-41)22-14-33-18-34-15-22)28(44)37-24(6-5-12-35-30(32)46)27(43)36-23-9-7-21(8-10-23)17-47-19-42/h7-10,14-16,18-20,24,26H,5-6,11-13,17H2,1-4H3,(H,36,43)(H,37,44)(H,38,45)(H3,32,35,46)/t24-,26-/m0/s1. The van der Waals surface area contributed by atoms with Gasteiger partial charge in [-0.25, -0.2) is 14.8 Å². The molecule has 5 amide bonds. The lowest BCUT2D eigenvalue weighted by Gasteiger charge is -2.30. The van der Waals surface area contributed by atoms with E-state index < -0.39 is 35.3 Å². The maximum atomic E-state index is 13.5. The predicted molar refractivity (Wildman–Crippen MR) is 171 cm³/mol. The summed E-state index contributed by atoms with van der Waals surface area (Å²) in [6.45, 7) is 8.18. The summed E-state index contributed by atoms with van der Waals surface area (Å²) in [6.07, 6.45) is 7.37. The van der Waals surface area contributed by atoms with Crippen LogP contribution in [0, 0.1) is 11.3 Å². The van der Waals surface area contributed by atoms with Crippen LogP contribution in [0.4, 0.5) is 10.5 Å². The maximum Gasteiger partial charge on any atom is 0.312 e. The summed E-state index contributed by atoms with van der Waals surface area (Å²) in [4.78, 5) is 69.8. The van der Waals surface area contributed by atoms with Crippen molar-refractivity contribution in [3.63, 3.8) is 0 Å². The number of benzene rings is 1. The van der Waals surface area contributed by atoms with E-state index >= 15 is 0 Å². The van der Waals surface area contributed by atoms with Crippen LogP contribution < -0.4 is 27.0 Å². The van der Waals surface area contributed by atoms with Crippen LogP contribution in [0.3, 0.4) is 0 Å². The number of carbonyl (C=O) groups is 5. The van der Waals surface area contributed by atoms with E-state index in [2.05, 4.69) is 41.5 Å². The van der Waals surface area contributed by atoms with Gasteiger partial charge in [-0.15, -0.1) is 5.10 Å². The zero-order chi connectivity index (χ0) is 34.4. The number of rotatable bonds is 18. The fourth-order valence-corrected chi connectivity index (χ4v) is 4.44. The lowest BCUT2D eigenvalue weighted by Crippen LogP contribution is -2.56. The molecule has 3 aromatic rings. The number of ether oxygens (including phenoxy) is 1. The Bertz CT molecular complexity index is 1490. The third kappa shape index (κ3) is 11.5. The van der Waals surface area contributed by atoms with Crippen molar-refractivity contribution in [2.24, 2.45) is 17.1 Å². The highest BCUT2D eigenvalue weighted by atomic mass is 16.5. The second-order valence-corrected chi connectivity index (χ2v) is 11.9. The van der Waals surface area contributed by atoms with Gasteiger partial charge < -0.3 is 31.7 Å². The largest absolute Gasteiger partial charge is 0.463 e. The summed E-state index contributed by atoms with van der Waals surface area (Å²) < 4.78 is 6.37. The minimum atomic E-state index is -0.988. The average molecular weight is 651 g/mol. The Morgan fingerprint density at radius 2 is 1.74 bits per heavy atom. The number of aromatic nitrogens is 5. The highest BCUT2D eigenvalue weighted by Crippen LogP contribution is 2.23. The van der Waals surface area contributed by atoms with Crippen LogP contribution >= 0.6 is 0 Å². The first-order valence-corrected chi connectivity index (χ1v) is 15.1. The quantitative estimate of drug-likeness (QED) is 0.0986. The van der Waals surface area contributed by atoms with Crippen LogP contribution in [-0.4, -0.2) is 73.8 Å². The van der Waals surface area contributed by atoms with Crippen LogP contribution in [0.2, 0.25) is 0 Å². The Labute approximate surface area is 272 Å². The van der Waals surface area contributed by atoms with Crippen molar-refractivity contribution in [1.82, 2.24) is 40.9 Å². The van der Waals surface area contributed by atoms with Gasteiger partial charge in [-0.1, -0.05) is 45.0 Å². The van der Waals surface area contributed by atoms with Crippen molar-refractivity contribution in [3.05, 3.63) is 54.7 Å². The van der Waals surface area contributed by atoms with Crippen LogP contribution in [0.5, 0.6) is 0 Å². The van der Waals surface area contributed by atoms with Crippen LogP contribution in [0.15, 0.2) is 49.2 Å². The summed E-state index contributed by atoms with van der Waals surface area (Å²) >= 11 is 0. The molecule has 0 spiro atoms. The number of aryl methyl sites for hydroxylation is 1. The van der Waals surface area contributed by atoms with Crippen molar-refractivity contribution in [2.45, 2.75) is 72.2 Å². The highest BCUT2D eigenvalue weighted by Gasteiger charge is 2.34. The number of nitrogens with one attached hydrogen (secondary N) is 4. The van der Waals surface area contributed by atoms with E-state index in [-0.39, 0.29) is 31.4 Å². The summed E-state index contributed by atoms with van der Waals surface area (Å²) in [7, 11) is 0. The van der Waals surface area contributed by atoms with E-state index in [4.69, 9.17) is 10.5 Å². The molecule has 2 atom stereocenters. The zero-order valence-electron chi connectivity index (χ0n) is 26.9. The van der Waals surface area contributed by atoms with E-state index in [0.717, 1.165) is 11.1 Å². The van der Waals surface area contributed by atoms with Gasteiger partial charge in [0, 0.05) is 42.1 Å². The van der Waals surface area contributed by atoms with Gasteiger partial charge in [0.1, 0.15) is 30.7 Å². The molecule has 3 rings (SSSR count). The smallest absolute Gasteiger partial charge is 0.312 e. The molecule has 0 radical (unpaired) electrons. The maximum absolute atomic E-state index is 13.5. The number of nitrogens with zero attached hydrogens (tertiary/aromatic N) is 5. The Hall–Kier alpha value is -5.41. The van der Waals surface area contributed by atoms with Gasteiger partial charge >= 0.3 is 6.03 Å². The van der Waals surface area contributed by atoms with Gasteiger partial charge in [-0.05, 0) is 42.9 Å². The zero-order valence-corrected chi connectivity index (χ0v) is 26.9. The van der Waals surface area contributed by atoms with Crippen LogP contribution in [-0.2, 0) is 37.1 Å². The minimum absolute atomic E-state index is 0.0911. The number of amides is 5. The van der Waals surface area contributed by atoms with Crippen molar-refractivity contribution in [3.8, 4) is 11.3 Å². The molecule has 2 aromatic heterocycles. The fraction of sp³-hybridized carbons (Fsp3) is 0.452. The van der Waals surface area contributed by atoms with E-state index in [9.17, 15) is 24.0 Å². The number of urea groups is 1. The van der Waals surface area contributed by atoms with Gasteiger partial charge in [-0.2, -0.15) is 0 Å². The van der Waals surface area contributed by atoms with Gasteiger partial charge in [0.25, 0.3) is 6.47 Å². The Morgan fingerprint density at radius 1 is 1.04 bits per heavy atom. The molecule has 16 nitrogen and oxygen atoms in total. The monoisotopic (exact) mass is 650 g/mol. The molecule has 0 bridgehead atoms. The van der Waals surface area contributed by atoms with Crippen LogP contribution in [0.25, 0.3) is 11.3 Å². The molecular weight excluding hydrogens is 608 g/mol. The first kappa shape index (κ1) is 36.1. The van der Waals surface area contributed by atoms with E-state index in [1.165, 1.54) is 6.33 Å². The molecule has 0 saturated heterocycles. The molecule has 0 aliphatic heterocycles. The summed E-state index contributed by atoms with van der Waals surface area (Å²) in [5.41, 5.74) is 6.79. The molecule has 0 aliphatic rings. The van der Waals surface area contributed by atoms with Gasteiger partial charge in [0.2, 0.25) is 17.7 Å². The number of nitrogens with two attached hydrogens (primary N) is 1. The van der Waals surface area contributed by atoms with Crippen molar-refractivity contribution >= 4 is 35.9 Å². The number of carbonyl (C=O) groups excluding carboxylic acids is 5. The van der Waals surface area contributed by atoms with Crippen molar-refractivity contribution < 1.29 is 28.7 Å². The molecule has 252 valence electrons. The number of primary amides is 1. The molecule has 47 heavy (non-hydrogen) atoms. The number of anilines is 1. The lowest BCUT2D eigenvalue weighted by atomic mass is 9.87. The summed E-state index contributed by atoms with van der Waals surface area (Å²) in [5, 5.41) is 19.2. The summed E-state index contributed by atoms with van der Waals surface area (Å²) in [6, 6.07) is 4.04. The topological polar surface area (TPSA) is 225 Å². The first-order chi connectivity index (χ1) is 22.4. The average Bonchev–Trinajstić information content (AvgIpc) is 3.53. The second-order valence-electron chi connectivity index (χ2n) is 11.9. The van der Waals surface area contributed by atoms with Crippen molar-refractivity contribution in [2.75, 3.05) is 11.9 Å². The number of hydrogen-bond acceptors (Lipinski definition) is 10. The Kier molecular flexibility index (Phi) is 13.3. The third-order valence-corrected chi connectivity index (χ3v) is 7.35. The molecule has 0 fully saturated rings. The van der Waals surface area contributed by atoms with E-state index in [1.54, 1.807) is 75.2 Å². The molecule has 0 saturated carbocycles. The SMILES string of the molecule is CC(C)[C@H](NC(=O)C(C)(C)CCn1cc(-c2cncnc2)nn1)C(=O)N[C@@H](CCCNC(N)=O)C(=O)Nc1ccc(COC=O)cc1.